The molecule has 0 fully saturated rings. The van der Waals surface area contributed by atoms with Gasteiger partial charge in [-0.25, -0.2) is 4.98 Å². The molecule has 15 heavy (non-hydrogen) atoms. The number of hydrogen-bond donors (Lipinski definition) is 0. The summed E-state index contributed by atoms with van der Waals surface area (Å²) in [4.78, 5) is 3.54. The minimum Gasteiger partial charge on any atom is -0.232 e. The van der Waals surface area contributed by atoms with Crippen LogP contribution in [0.15, 0.2) is 18.2 Å². The van der Waals surface area contributed by atoms with E-state index < -0.39 is 11.2 Å². The molecule has 1 aromatic heterocycles. The third-order valence-electron chi connectivity index (χ3n) is 1.85. The summed E-state index contributed by atoms with van der Waals surface area (Å²) in [5, 5.41) is -0.161. The number of thiazole rings is 1. The smallest absolute Gasteiger partial charge is 0.232 e. The molecule has 0 spiro atoms. The summed E-state index contributed by atoms with van der Waals surface area (Å²) in [5.74, 6) is 0. The topological polar surface area (TPSA) is 12.9 Å². The van der Waals surface area contributed by atoms with Crippen LogP contribution in [0.25, 0.3) is 10.2 Å². The maximum atomic E-state index is 12.3. The normalized spacial score (nSPS) is 12.3. The van der Waals surface area contributed by atoms with Gasteiger partial charge in [0.15, 0.2) is 5.01 Å². The average Bonchev–Trinajstić information content (AvgIpc) is 2.59. The molecular formula is C9H5BrF3NS. The van der Waals surface area contributed by atoms with Crippen LogP contribution >= 0.6 is 27.3 Å². The molecule has 0 atom stereocenters. The van der Waals surface area contributed by atoms with Crippen LogP contribution < -0.4 is 0 Å². The van der Waals surface area contributed by atoms with Crippen molar-refractivity contribution in [3.8, 4) is 0 Å². The Morgan fingerprint density at radius 3 is 2.67 bits per heavy atom. The van der Waals surface area contributed by atoms with Crippen molar-refractivity contribution in [1.82, 2.24) is 4.98 Å². The molecule has 0 saturated carbocycles. The van der Waals surface area contributed by atoms with E-state index >= 15 is 0 Å². The van der Waals surface area contributed by atoms with Gasteiger partial charge in [0.2, 0.25) is 0 Å². The van der Waals surface area contributed by atoms with Crippen LogP contribution in [0.4, 0.5) is 13.2 Å². The van der Waals surface area contributed by atoms with E-state index in [1.807, 2.05) is 0 Å². The number of nitrogens with zero attached hydrogens (tertiary/aromatic N) is 1. The zero-order valence-corrected chi connectivity index (χ0v) is 9.71. The molecule has 0 aliphatic heterocycles. The SMILES string of the molecule is FC(F)(F)c1nc2ccc(CBr)cc2s1. The van der Waals surface area contributed by atoms with Gasteiger partial charge in [0.1, 0.15) is 0 Å². The fraction of sp³-hybridized carbons (Fsp3) is 0.222. The van der Waals surface area contributed by atoms with Crippen molar-refractivity contribution < 1.29 is 13.2 Å². The second-order valence-corrected chi connectivity index (χ2v) is 4.54. The molecular weight excluding hydrogens is 291 g/mol. The van der Waals surface area contributed by atoms with Crippen molar-refractivity contribution in [1.29, 1.82) is 0 Å². The van der Waals surface area contributed by atoms with E-state index in [1.54, 1.807) is 18.2 Å². The molecule has 0 aliphatic rings. The number of fused-ring (bicyclic) bond motifs is 1. The standard InChI is InChI=1S/C9H5BrF3NS/c10-4-5-1-2-6-7(3-5)15-8(14-6)9(11,12)13/h1-3H,4H2. The lowest BCUT2D eigenvalue weighted by molar-refractivity contribution is -0.137. The fourth-order valence-corrected chi connectivity index (χ4v) is 2.42. The van der Waals surface area contributed by atoms with Crippen molar-refractivity contribution in [2.24, 2.45) is 0 Å². The first kappa shape index (κ1) is 10.9. The number of aromatic nitrogens is 1. The monoisotopic (exact) mass is 295 g/mol. The summed E-state index contributed by atoms with van der Waals surface area (Å²) in [6.45, 7) is 0. The number of benzene rings is 1. The highest BCUT2D eigenvalue weighted by Crippen LogP contribution is 2.35. The van der Waals surface area contributed by atoms with Gasteiger partial charge in [-0.3, -0.25) is 0 Å². The Kier molecular flexibility index (Phi) is 2.72. The van der Waals surface area contributed by atoms with Crippen LogP contribution in [0, 0.1) is 0 Å². The minimum atomic E-state index is -4.35. The van der Waals surface area contributed by atoms with Crippen LogP contribution in [0.5, 0.6) is 0 Å². The minimum absolute atomic E-state index is 0.400. The van der Waals surface area contributed by atoms with Gasteiger partial charge in [-0.1, -0.05) is 22.0 Å². The van der Waals surface area contributed by atoms with E-state index in [2.05, 4.69) is 20.9 Å². The molecule has 1 heterocycles. The van der Waals surface area contributed by atoms with Crippen LogP contribution in [0.1, 0.15) is 10.6 Å². The third-order valence-corrected chi connectivity index (χ3v) is 3.56. The van der Waals surface area contributed by atoms with E-state index in [-0.39, 0.29) is 0 Å². The van der Waals surface area contributed by atoms with Crippen LogP contribution in [0.3, 0.4) is 0 Å². The Morgan fingerprint density at radius 1 is 1.33 bits per heavy atom. The summed E-state index contributed by atoms with van der Waals surface area (Å²) in [6.07, 6.45) is -4.35. The van der Waals surface area contributed by atoms with Gasteiger partial charge in [0.05, 0.1) is 10.2 Å². The van der Waals surface area contributed by atoms with Crippen molar-refractivity contribution in [3.05, 3.63) is 28.8 Å². The lowest BCUT2D eigenvalue weighted by Crippen LogP contribution is -2.03. The number of halogens is 4. The molecule has 2 aromatic rings. The number of hydrogen-bond acceptors (Lipinski definition) is 2. The second kappa shape index (κ2) is 3.75. The average molecular weight is 296 g/mol. The van der Waals surface area contributed by atoms with Gasteiger partial charge in [-0.15, -0.1) is 11.3 Å². The Balaban J connectivity index is 2.56. The first-order valence-electron chi connectivity index (χ1n) is 4.03. The molecule has 1 aromatic carbocycles. The maximum absolute atomic E-state index is 12.3. The van der Waals surface area contributed by atoms with E-state index in [0.717, 1.165) is 5.56 Å². The highest BCUT2D eigenvalue weighted by atomic mass is 79.9. The van der Waals surface area contributed by atoms with Crippen molar-refractivity contribution in [3.63, 3.8) is 0 Å². The lowest BCUT2D eigenvalue weighted by Gasteiger charge is -1.98. The molecule has 0 saturated heterocycles. The summed E-state index contributed by atoms with van der Waals surface area (Å²) < 4.78 is 37.6. The van der Waals surface area contributed by atoms with Gasteiger partial charge in [-0.2, -0.15) is 13.2 Å². The molecule has 1 nitrogen and oxygen atoms in total. The first-order valence-corrected chi connectivity index (χ1v) is 5.97. The summed E-state index contributed by atoms with van der Waals surface area (Å²) in [6, 6.07) is 5.09. The van der Waals surface area contributed by atoms with E-state index in [1.165, 1.54) is 0 Å². The summed E-state index contributed by atoms with van der Waals surface area (Å²) >= 11 is 3.93. The molecule has 0 aliphatic carbocycles. The quantitative estimate of drug-likeness (QED) is 0.718. The van der Waals surface area contributed by atoms with Gasteiger partial charge in [0.25, 0.3) is 0 Å². The molecule has 6 heteroatoms. The lowest BCUT2D eigenvalue weighted by atomic mass is 10.2. The fourth-order valence-electron chi connectivity index (χ4n) is 1.17. The van der Waals surface area contributed by atoms with Crippen LogP contribution in [-0.2, 0) is 11.5 Å². The Labute approximate surface area is 96.1 Å². The van der Waals surface area contributed by atoms with E-state index in [9.17, 15) is 13.2 Å². The van der Waals surface area contributed by atoms with Crippen molar-refractivity contribution in [2.75, 3.05) is 0 Å². The van der Waals surface area contributed by atoms with Crippen LogP contribution in [0.2, 0.25) is 0 Å². The molecule has 0 amide bonds. The molecule has 0 N–H and O–H groups in total. The molecule has 2 rings (SSSR count). The van der Waals surface area contributed by atoms with E-state index in [0.29, 0.717) is 26.9 Å². The highest BCUT2D eigenvalue weighted by molar-refractivity contribution is 9.08. The Hall–Kier alpha value is -0.620. The molecule has 0 radical (unpaired) electrons. The Bertz CT molecular complexity index is 492. The van der Waals surface area contributed by atoms with E-state index in [4.69, 9.17) is 0 Å². The largest absolute Gasteiger partial charge is 0.443 e. The Morgan fingerprint density at radius 2 is 2.07 bits per heavy atom. The number of alkyl halides is 4. The summed E-state index contributed by atoms with van der Waals surface area (Å²) in [7, 11) is 0. The zero-order chi connectivity index (χ0) is 11.1. The van der Waals surface area contributed by atoms with Crippen molar-refractivity contribution >= 4 is 37.5 Å². The van der Waals surface area contributed by atoms with Gasteiger partial charge in [-0.05, 0) is 17.7 Å². The van der Waals surface area contributed by atoms with Gasteiger partial charge in [0, 0.05) is 5.33 Å². The summed E-state index contributed by atoms with van der Waals surface area (Å²) in [5.41, 5.74) is 1.34. The van der Waals surface area contributed by atoms with Crippen molar-refractivity contribution in [2.45, 2.75) is 11.5 Å². The molecule has 80 valence electrons. The third kappa shape index (κ3) is 2.15. The number of rotatable bonds is 1. The molecule has 0 unspecified atom stereocenters. The zero-order valence-electron chi connectivity index (χ0n) is 7.31. The second-order valence-electron chi connectivity index (χ2n) is 2.95. The highest BCUT2D eigenvalue weighted by Gasteiger charge is 2.34. The van der Waals surface area contributed by atoms with Gasteiger partial charge < -0.3 is 0 Å². The predicted molar refractivity (Wildman–Crippen MR) is 57.3 cm³/mol. The van der Waals surface area contributed by atoms with Gasteiger partial charge >= 0.3 is 6.18 Å². The maximum Gasteiger partial charge on any atom is 0.443 e. The molecule has 0 bridgehead atoms. The first-order chi connectivity index (χ1) is 7.00. The van der Waals surface area contributed by atoms with Crippen LogP contribution in [-0.4, -0.2) is 4.98 Å². The predicted octanol–water partition coefficient (Wildman–Crippen LogP) is 4.21.